The highest BCUT2D eigenvalue weighted by Gasteiger charge is 2.28. The first kappa shape index (κ1) is 6.37. The normalized spacial score (nSPS) is 47.6. The molecule has 0 aliphatic carbocycles. The van der Waals surface area contributed by atoms with E-state index >= 15 is 0 Å². The van der Waals surface area contributed by atoms with Crippen LogP contribution in [0.5, 0.6) is 0 Å². The molecule has 1 saturated heterocycles. The van der Waals surface area contributed by atoms with Crippen LogP contribution in [0.15, 0.2) is 0 Å². The van der Waals surface area contributed by atoms with E-state index in [0.29, 0.717) is 11.8 Å². The number of rotatable bonds is 0. The van der Waals surface area contributed by atoms with Gasteiger partial charge in [-0.25, -0.2) is 0 Å². The van der Waals surface area contributed by atoms with Crippen molar-refractivity contribution in [2.45, 2.75) is 19.4 Å². The van der Waals surface area contributed by atoms with Gasteiger partial charge in [0.05, 0.1) is 6.61 Å². The monoisotopic (exact) mass is 134 g/mol. The van der Waals surface area contributed by atoms with E-state index < -0.39 is 0 Å². The van der Waals surface area contributed by atoms with E-state index in [2.05, 4.69) is 13.8 Å². The van der Waals surface area contributed by atoms with Crippen LogP contribution in [0.4, 0.5) is 0 Å². The van der Waals surface area contributed by atoms with Crippen LogP contribution in [0, 0.1) is 11.8 Å². The summed E-state index contributed by atoms with van der Waals surface area (Å²) in [6.07, 6.45) is 0. The van der Waals surface area contributed by atoms with Gasteiger partial charge in [-0.15, -0.1) is 0 Å². The van der Waals surface area contributed by atoms with Gasteiger partial charge in [0.25, 0.3) is 0 Å². The third-order valence-corrected chi connectivity index (χ3v) is 2.35. The van der Waals surface area contributed by atoms with Crippen molar-refractivity contribution in [2.24, 2.45) is 11.8 Å². The molecule has 0 N–H and O–H groups in total. The zero-order chi connectivity index (χ0) is 6.15. The average molecular weight is 135 g/mol. The fourth-order valence-corrected chi connectivity index (χ4v) is 1.13. The summed E-state index contributed by atoms with van der Waals surface area (Å²) in [5.41, 5.74) is -0.0370. The Kier molecular flexibility index (Phi) is 1.78. The molecule has 1 aliphatic rings. The molecule has 3 atom stereocenters. The minimum atomic E-state index is -0.0370. The quantitative estimate of drug-likeness (QED) is 0.460. The van der Waals surface area contributed by atoms with Crippen LogP contribution in [0.1, 0.15) is 13.8 Å². The van der Waals surface area contributed by atoms with Crippen molar-refractivity contribution >= 4 is 11.6 Å². The third-order valence-electron chi connectivity index (χ3n) is 1.83. The minimum absolute atomic E-state index is 0.0370. The first-order valence-corrected chi connectivity index (χ1v) is 3.41. The van der Waals surface area contributed by atoms with Crippen molar-refractivity contribution in [1.82, 2.24) is 0 Å². The highest BCUT2D eigenvalue weighted by Crippen LogP contribution is 2.28. The molecule has 8 heavy (non-hydrogen) atoms. The van der Waals surface area contributed by atoms with Gasteiger partial charge in [0.1, 0.15) is 5.56 Å². The Hall–Kier alpha value is 0.250. The topological polar surface area (TPSA) is 9.23 Å². The maximum Gasteiger partial charge on any atom is 0.134 e. The number of alkyl halides is 1. The van der Waals surface area contributed by atoms with Gasteiger partial charge < -0.3 is 4.74 Å². The smallest absolute Gasteiger partial charge is 0.134 e. The molecule has 0 bridgehead atoms. The standard InChI is InChI=1S/C6H11ClO/c1-4-3-8-6(7)5(4)2/h4-6H,3H2,1-2H3. The highest BCUT2D eigenvalue weighted by atomic mass is 35.5. The molecule has 0 amide bonds. The summed E-state index contributed by atoms with van der Waals surface area (Å²) < 4.78 is 5.14. The Bertz CT molecular complexity index is 74.6. The number of ether oxygens (including phenoxy) is 1. The van der Waals surface area contributed by atoms with Gasteiger partial charge >= 0.3 is 0 Å². The summed E-state index contributed by atoms with van der Waals surface area (Å²) in [6, 6.07) is 0. The third kappa shape index (κ3) is 0.981. The molecular formula is C6H11ClO. The molecule has 1 heterocycles. The Balaban J connectivity index is 2.44. The minimum Gasteiger partial charge on any atom is -0.362 e. The van der Waals surface area contributed by atoms with Gasteiger partial charge in [-0.05, 0) is 5.92 Å². The van der Waals surface area contributed by atoms with Crippen molar-refractivity contribution in [3.05, 3.63) is 0 Å². The summed E-state index contributed by atoms with van der Waals surface area (Å²) in [4.78, 5) is 0. The zero-order valence-corrected chi connectivity index (χ0v) is 5.98. The molecule has 2 heteroatoms. The van der Waals surface area contributed by atoms with E-state index in [0.717, 1.165) is 6.61 Å². The van der Waals surface area contributed by atoms with Gasteiger partial charge in [0, 0.05) is 5.92 Å². The van der Waals surface area contributed by atoms with Crippen LogP contribution in [0.2, 0.25) is 0 Å². The molecule has 0 aromatic rings. The summed E-state index contributed by atoms with van der Waals surface area (Å²) in [7, 11) is 0. The lowest BCUT2D eigenvalue weighted by Crippen LogP contribution is -2.08. The maximum absolute atomic E-state index is 5.74. The van der Waals surface area contributed by atoms with Crippen LogP contribution in [0.3, 0.4) is 0 Å². The lowest BCUT2D eigenvalue weighted by atomic mass is 10.0. The first-order chi connectivity index (χ1) is 3.72. The molecule has 0 saturated carbocycles. The first-order valence-electron chi connectivity index (χ1n) is 2.97. The van der Waals surface area contributed by atoms with Crippen LogP contribution in [-0.2, 0) is 4.74 Å². The van der Waals surface area contributed by atoms with Gasteiger partial charge in [0.15, 0.2) is 0 Å². The van der Waals surface area contributed by atoms with Crippen molar-refractivity contribution < 1.29 is 4.74 Å². The van der Waals surface area contributed by atoms with Crippen LogP contribution >= 0.6 is 11.6 Å². The number of halogens is 1. The largest absolute Gasteiger partial charge is 0.362 e. The second-order valence-electron chi connectivity index (χ2n) is 2.52. The van der Waals surface area contributed by atoms with Gasteiger partial charge in [-0.2, -0.15) is 0 Å². The molecule has 0 aromatic carbocycles. The molecule has 1 rings (SSSR count). The van der Waals surface area contributed by atoms with Crippen LogP contribution in [0.25, 0.3) is 0 Å². The maximum atomic E-state index is 5.74. The Morgan fingerprint density at radius 2 is 2.12 bits per heavy atom. The predicted octanol–water partition coefficient (Wildman–Crippen LogP) is 1.85. The van der Waals surface area contributed by atoms with Gasteiger partial charge in [-0.1, -0.05) is 25.4 Å². The van der Waals surface area contributed by atoms with Gasteiger partial charge in [0.2, 0.25) is 0 Å². The summed E-state index contributed by atoms with van der Waals surface area (Å²) >= 11 is 5.74. The predicted molar refractivity (Wildman–Crippen MR) is 33.9 cm³/mol. The summed E-state index contributed by atoms with van der Waals surface area (Å²) in [6.45, 7) is 5.11. The second kappa shape index (κ2) is 2.24. The molecule has 3 unspecified atom stereocenters. The lowest BCUT2D eigenvalue weighted by molar-refractivity contribution is 0.153. The average Bonchev–Trinajstić information content (AvgIpc) is 1.98. The SMILES string of the molecule is CC1COC(Cl)C1C. The van der Waals surface area contributed by atoms with E-state index in [9.17, 15) is 0 Å². The number of hydrogen-bond acceptors (Lipinski definition) is 1. The van der Waals surface area contributed by atoms with E-state index in [1.165, 1.54) is 0 Å². The molecular weight excluding hydrogens is 124 g/mol. The molecule has 0 spiro atoms. The van der Waals surface area contributed by atoms with E-state index in [4.69, 9.17) is 16.3 Å². The molecule has 48 valence electrons. The highest BCUT2D eigenvalue weighted by molar-refractivity contribution is 6.20. The van der Waals surface area contributed by atoms with Crippen LogP contribution in [-0.4, -0.2) is 12.2 Å². The van der Waals surface area contributed by atoms with Crippen molar-refractivity contribution in [3.8, 4) is 0 Å². The molecule has 0 radical (unpaired) electrons. The van der Waals surface area contributed by atoms with Gasteiger partial charge in [-0.3, -0.25) is 0 Å². The van der Waals surface area contributed by atoms with Crippen molar-refractivity contribution in [1.29, 1.82) is 0 Å². The molecule has 1 fully saturated rings. The van der Waals surface area contributed by atoms with E-state index in [-0.39, 0.29) is 5.56 Å². The van der Waals surface area contributed by atoms with E-state index in [1.807, 2.05) is 0 Å². The summed E-state index contributed by atoms with van der Waals surface area (Å²) in [5.74, 6) is 1.16. The Labute approximate surface area is 55.0 Å². The fraction of sp³-hybridized carbons (Fsp3) is 1.00. The van der Waals surface area contributed by atoms with Crippen molar-refractivity contribution in [3.63, 3.8) is 0 Å². The Morgan fingerprint density at radius 3 is 2.25 bits per heavy atom. The van der Waals surface area contributed by atoms with Crippen LogP contribution < -0.4 is 0 Å². The fourth-order valence-electron chi connectivity index (χ4n) is 0.806. The molecule has 0 aromatic heterocycles. The number of hydrogen-bond donors (Lipinski definition) is 0. The Morgan fingerprint density at radius 1 is 1.50 bits per heavy atom. The molecule has 1 nitrogen and oxygen atoms in total. The van der Waals surface area contributed by atoms with E-state index in [1.54, 1.807) is 0 Å². The zero-order valence-electron chi connectivity index (χ0n) is 5.23. The molecule has 1 aliphatic heterocycles. The second-order valence-corrected chi connectivity index (χ2v) is 2.95. The summed E-state index contributed by atoms with van der Waals surface area (Å²) in [5, 5.41) is 0. The lowest BCUT2D eigenvalue weighted by Gasteiger charge is -2.07. The van der Waals surface area contributed by atoms with Crippen molar-refractivity contribution in [2.75, 3.05) is 6.61 Å².